The van der Waals surface area contributed by atoms with Gasteiger partial charge in [-0.2, -0.15) is 5.26 Å². The molecule has 1 aliphatic rings. The first-order chi connectivity index (χ1) is 32.5. The molecule has 18 nitrogen and oxygen atoms in total. The third-order valence-electron chi connectivity index (χ3n) is 11.7. The van der Waals surface area contributed by atoms with E-state index in [1.165, 1.54) is 24.4 Å². The Bertz CT molecular complexity index is 2700. The number of aryl methyl sites for hydroxylation is 1. The maximum atomic E-state index is 14.8. The number of amides is 5. The molecule has 0 saturated heterocycles. The van der Waals surface area contributed by atoms with Crippen molar-refractivity contribution in [3.63, 3.8) is 0 Å². The van der Waals surface area contributed by atoms with Crippen LogP contribution < -0.4 is 47.9 Å². The van der Waals surface area contributed by atoms with Gasteiger partial charge in [-0.25, -0.2) is 4.98 Å². The van der Waals surface area contributed by atoms with Crippen molar-refractivity contribution in [2.75, 3.05) is 46.4 Å². The molecule has 0 radical (unpaired) electrons. The number of pyridine rings is 1. The van der Waals surface area contributed by atoms with Gasteiger partial charge in [-0.1, -0.05) is 57.2 Å². The summed E-state index contributed by atoms with van der Waals surface area (Å²) in [4.78, 5) is 76.7. The molecule has 358 valence electrons. The molecular weight excluding hydrogens is 867 g/mol. The fourth-order valence-electron chi connectivity index (χ4n) is 8.13. The van der Waals surface area contributed by atoms with Crippen LogP contribution in [0.3, 0.4) is 0 Å². The highest BCUT2D eigenvalue weighted by Gasteiger charge is 2.36. The lowest BCUT2D eigenvalue weighted by Crippen LogP contribution is -2.56. The van der Waals surface area contributed by atoms with Crippen molar-refractivity contribution in [1.82, 2.24) is 35.6 Å². The Kier molecular flexibility index (Phi) is 16.2. The van der Waals surface area contributed by atoms with Crippen LogP contribution in [0.5, 0.6) is 11.5 Å². The quantitative estimate of drug-likeness (QED) is 0.0747. The minimum absolute atomic E-state index is 0.00250. The molecule has 0 saturated carbocycles. The van der Waals surface area contributed by atoms with Crippen molar-refractivity contribution >= 4 is 35.2 Å². The number of fused-ring (bicyclic) bond motifs is 6. The lowest BCUT2D eigenvalue weighted by atomic mass is 9.86. The predicted molar refractivity (Wildman–Crippen MR) is 257 cm³/mol. The lowest BCUT2D eigenvalue weighted by Gasteiger charge is -2.32. The van der Waals surface area contributed by atoms with Gasteiger partial charge in [0.25, 0.3) is 5.91 Å². The number of nitriles is 1. The van der Waals surface area contributed by atoms with E-state index < -0.39 is 53.7 Å². The number of rotatable bonds is 15. The first-order valence-electron chi connectivity index (χ1n) is 22.5. The standard InChI is InChI=1S/C50H61N11O7/c1-29-43(61-22-16-33(28-42(61)56-29)32-8-11-35(12-9-32)50(3,4)5)47(64)58-38(15-17-51)49(66)60(6)44-34-10-14-41(68-24-20-54)37(27-34)36-25-31(7-13-40(36)67-23-19-53)26-39(46(63)55-21-18-52)59-45(62)30(2)57-48(44)65/h7-14,16,22,25,27-28,30,38-39,44H,15,17,19-21,23-24,26,51,53-54H2,1-6H3,(H,55,63)(H,57,65)(H,58,64)(H,59,62)/t30-,38-,39-,44-/m0/s1. The lowest BCUT2D eigenvalue weighted by molar-refractivity contribution is -0.141. The highest BCUT2D eigenvalue weighted by molar-refractivity contribution is 6.00. The van der Waals surface area contributed by atoms with Gasteiger partial charge in [-0.05, 0) is 96.4 Å². The highest BCUT2D eigenvalue weighted by Crippen LogP contribution is 2.40. The average Bonchev–Trinajstić information content (AvgIpc) is 3.65. The monoisotopic (exact) mass is 927 g/mol. The topological polar surface area (TPSA) is 274 Å². The number of imidazole rings is 1. The molecule has 3 aromatic carbocycles. The number of ether oxygens (including phenoxy) is 2. The first kappa shape index (κ1) is 50.1. The van der Waals surface area contributed by atoms with E-state index in [1.54, 1.807) is 53.9 Å². The average molecular weight is 928 g/mol. The zero-order chi connectivity index (χ0) is 49.3. The molecular formula is C50H61N11O7. The van der Waals surface area contributed by atoms with Crippen LogP contribution in [-0.4, -0.2) is 108 Å². The summed E-state index contributed by atoms with van der Waals surface area (Å²) in [6.45, 7) is 10.0. The molecule has 2 aromatic heterocycles. The number of carbonyl (C=O) groups is 5. The summed E-state index contributed by atoms with van der Waals surface area (Å²) in [5.74, 6) is -2.53. The van der Waals surface area contributed by atoms with Gasteiger partial charge in [0.15, 0.2) is 0 Å². The van der Waals surface area contributed by atoms with Crippen LogP contribution in [0.2, 0.25) is 0 Å². The SMILES string of the molecule is Cc1nc2cc(-c3ccc(C(C)(C)C)cc3)ccn2c1C(=O)N[C@@H](CCN)C(=O)N(C)[C@@H]1C(=O)N[C@@H](C)C(=O)N[C@H](C(=O)NCC#N)Cc2ccc(OCCN)c(c2)-c2cc1ccc2OCCN. The highest BCUT2D eigenvalue weighted by atomic mass is 16.5. The van der Waals surface area contributed by atoms with Crippen LogP contribution in [0.4, 0.5) is 0 Å². The van der Waals surface area contributed by atoms with E-state index in [4.69, 9.17) is 31.7 Å². The Labute approximate surface area is 395 Å². The summed E-state index contributed by atoms with van der Waals surface area (Å²) < 4.78 is 13.9. The van der Waals surface area contributed by atoms with Gasteiger partial charge in [0.1, 0.15) is 66.8 Å². The van der Waals surface area contributed by atoms with E-state index in [9.17, 15) is 29.2 Å². The van der Waals surface area contributed by atoms with Gasteiger partial charge >= 0.3 is 0 Å². The second kappa shape index (κ2) is 22.0. The minimum atomic E-state index is -1.40. The molecule has 4 bridgehead atoms. The molecule has 0 aliphatic carbocycles. The summed E-state index contributed by atoms with van der Waals surface area (Å²) in [7, 11) is 1.43. The zero-order valence-corrected chi connectivity index (χ0v) is 39.4. The van der Waals surface area contributed by atoms with Crippen LogP contribution in [0, 0.1) is 18.3 Å². The minimum Gasteiger partial charge on any atom is -0.492 e. The zero-order valence-electron chi connectivity index (χ0n) is 39.4. The molecule has 0 fully saturated rings. The van der Waals surface area contributed by atoms with Gasteiger partial charge in [-0.3, -0.25) is 28.4 Å². The second-order valence-corrected chi connectivity index (χ2v) is 17.7. The van der Waals surface area contributed by atoms with Crippen LogP contribution in [-0.2, 0) is 31.0 Å². The third kappa shape index (κ3) is 11.4. The maximum absolute atomic E-state index is 14.8. The van der Waals surface area contributed by atoms with Crippen LogP contribution in [0.1, 0.15) is 73.0 Å². The summed E-state index contributed by atoms with van der Waals surface area (Å²) in [5.41, 5.74) is 23.9. The Morgan fingerprint density at radius 1 is 0.897 bits per heavy atom. The van der Waals surface area contributed by atoms with E-state index in [2.05, 4.69) is 66.3 Å². The number of likely N-dealkylation sites (N-methyl/N-ethyl adjacent to an activating group) is 1. The number of hydrogen-bond donors (Lipinski definition) is 7. The molecule has 6 rings (SSSR count). The maximum Gasteiger partial charge on any atom is 0.270 e. The number of benzene rings is 3. The smallest absolute Gasteiger partial charge is 0.270 e. The molecule has 68 heavy (non-hydrogen) atoms. The first-order valence-corrected chi connectivity index (χ1v) is 22.5. The van der Waals surface area contributed by atoms with E-state index in [0.29, 0.717) is 45.1 Å². The molecule has 18 heteroatoms. The number of hydrogen-bond acceptors (Lipinski definition) is 12. The van der Waals surface area contributed by atoms with E-state index in [0.717, 1.165) is 11.1 Å². The van der Waals surface area contributed by atoms with Crippen LogP contribution in [0.15, 0.2) is 79.0 Å². The predicted octanol–water partition coefficient (Wildman–Crippen LogP) is 2.78. The molecule has 0 unspecified atom stereocenters. The second-order valence-electron chi connectivity index (χ2n) is 17.7. The molecule has 10 N–H and O–H groups in total. The van der Waals surface area contributed by atoms with Gasteiger partial charge < -0.3 is 52.8 Å². The molecule has 1 aliphatic heterocycles. The van der Waals surface area contributed by atoms with Gasteiger partial charge in [0.2, 0.25) is 23.6 Å². The Hall–Kier alpha value is -7.33. The van der Waals surface area contributed by atoms with Crippen molar-refractivity contribution in [3.8, 4) is 39.8 Å². The Balaban J connectivity index is 1.39. The third-order valence-corrected chi connectivity index (χ3v) is 11.7. The van der Waals surface area contributed by atoms with E-state index >= 15 is 0 Å². The summed E-state index contributed by atoms with van der Waals surface area (Å²) in [5, 5.41) is 20.0. The largest absolute Gasteiger partial charge is 0.492 e. The molecule has 0 spiro atoms. The van der Waals surface area contributed by atoms with Crippen molar-refractivity contribution in [2.24, 2.45) is 17.2 Å². The van der Waals surface area contributed by atoms with Crippen molar-refractivity contribution in [1.29, 1.82) is 5.26 Å². The molecule has 4 atom stereocenters. The number of nitrogens with one attached hydrogen (secondary N) is 4. The van der Waals surface area contributed by atoms with Gasteiger partial charge in [0, 0.05) is 43.9 Å². The number of nitrogens with zero attached hydrogens (tertiary/aromatic N) is 4. The Morgan fingerprint density at radius 3 is 2.19 bits per heavy atom. The van der Waals surface area contributed by atoms with Gasteiger partial charge in [-0.15, -0.1) is 0 Å². The molecule has 5 amide bonds. The molecule has 5 aromatic rings. The summed E-state index contributed by atoms with van der Waals surface area (Å²) >= 11 is 0. The summed E-state index contributed by atoms with van der Waals surface area (Å²) in [6, 6.07) is 19.2. The van der Waals surface area contributed by atoms with E-state index in [1.807, 2.05) is 18.2 Å². The number of nitrogens with two attached hydrogens (primary N) is 3. The fraction of sp³-hybridized carbons (Fsp3) is 0.380. The van der Waals surface area contributed by atoms with Crippen molar-refractivity contribution in [3.05, 3.63) is 107 Å². The normalized spacial score (nSPS) is 16.6. The van der Waals surface area contributed by atoms with Crippen molar-refractivity contribution < 1.29 is 33.4 Å². The van der Waals surface area contributed by atoms with Crippen LogP contribution in [0.25, 0.3) is 27.9 Å². The number of aromatic nitrogens is 2. The fourth-order valence-corrected chi connectivity index (χ4v) is 8.13. The summed E-state index contributed by atoms with van der Waals surface area (Å²) in [6.07, 6.45) is 1.78. The molecule has 3 heterocycles. The number of carbonyl (C=O) groups excluding carboxylic acids is 5. The van der Waals surface area contributed by atoms with E-state index in [-0.39, 0.29) is 63.3 Å². The van der Waals surface area contributed by atoms with Crippen molar-refractivity contribution in [2.45, 2.75) is 77.0 Å². The Morgan fingerprint density at radius 2 is 1.56 bits per heavy atom. The van der Waals surface area contributed by atoms with Crippen LogP contribution >= 0.6 is 0 Å². The van der Waals surface area contributed by atoms with Gasteiger partial charge in [0.05, 0.1) is 11.8 Å².